The number of amides is 1. The number of benzene rings is 2. The number of hydrogen-bond acceptors (Lipinski definition) is 2. The average molecular weight is 268 g/mol. The monoisotopic (exact) mass is 268 g/mol. The Kier molecular flexibility index (Phi) is 4.91. The fraction of sp³-hybridized carbons (Fsp3) is 0.235. The van der Waals surface area contributed by atoms with Crippen LogP contribution in [0.3, 0.4) is 0 Å². The van der Waals surface area contributed by atoms with E-state index in [1.807, 2.05) is 18.2 Å². The third kappa shape index (κ3) is 4.21. The largest absolute Gasteiger partial charge is 0.366 e. The molecule has 0 atom stereocenters. The number of carbonyl (C=O) groups excluding carboxylic acids is 1. The first-order valence-corrected chi connectivity index (χ1v) is 6.80. The van der Waals surface area contributed by atoms with Crippen molar-refractivity contribution in [3.05, 3.63) is 70.8 Å². The summed E-state index contributed by atoms with van der Waals surface area (Å²) in [4.78, 5) is 11.1. The van der Waals surface area contributed by atoms with Crippen molar-refractivity contribution >= 4 is 5.91 Å². The van der Waals surface area contributed by atoms with E-state index in [9.17, 15) is 4.79 Å². The van der Waals surface area contributed by atoms with Crippen molar-refractivity contribution in [2.24, 2.45) is 5.73 Å². The first-order valence-electron chi connectivity index (χ1n) is 6.80. The lowest BCUT2D eigenvalue weighted by Crippen LogP contribution is -2.17. The molecule has 0 spiro atoms. The molecule has 0 heterocycles. The lowest BCUT2D eigenvalue weighted by molar-refractivity contribution is 0.1000. The third-order valence-corrected chi connectivity index (χ3v) is 3.25. The number of nitrogens with two attached hydrogens (primary N) is 1. The molecule has 0 aliphatic carbocycles. The van der Waals surface area contributed by atoms with Crippen LogP contribution in [0.2, 0.25) is 0 Å². The first-order chi connectivity index (χ1) is 9.65. The van der Waals surface area contributed by atoms with E-state index in [0.29, 0.717) is 5.56 Å². The van der Waals surface area contributed by atoms with E-state index in [2.05, 4.69) is 36.5 Å². The topological polar surface area (TPSA) is 55.1 Å². The summed E-state index contributed by atoms with van der Waals surface area (Å²) >= 11 is 0. The third-order valence-electron chi connectivity index (χ3n) is 3.25. The van der Waals surface area contributed by atoms with Crippen LogP contribution >= 0.6 is 0 Å². The second-order valence-corrected chi connectivity index (χ2v) is 4.98. The molecule has 0 bridgehead atoms. The van der Waals surface area contributed by atoms with Crippen LogP contribution in [0.25, 0.3) is 0 Å². The summed E-state index contributed by atoms with van der Waals surface area (Å²) in [7, 11) is 0. The fourth-order valence-electron chi connectivity index (χ4n) is 2.05. The molecule has 3 nitrogen and oxygen atoms in total. The predicted octanol–water partition coefficient (Wildman–Crippen LogP) is 2.43. The molecule has 0 fully saturated rings. The summed E-state index contributed by atoms with van der Waals surface area (Å²) < 4.78 is 0. The summed E-state index contributed by atoms with van der Waals surface area (Å²) in [6, 6.07) is 16.0. The van der Waals surface area contributed by atoms with Crippen molar-refractivity contribution in [1.82, 2.24) is 5.32 Å². The van der Waals surface area contributed by atoms with Gasteiger partial charge in [0.2, 0.25) is 5.91 Å². The maximum Gasteiger partial charge on any atom is 0.248 e. The molecule has 0 saturated carbocycles. The van der Waals surface area contributed by atoms with E-state index >= 15 is 0 Å². The van der Waals surface area contributed by atoms with Crippen molar-refractivity contribution in [3.63, 3.8) is 0 Å². The van der Waals surface area contributed by atoms with E-state index in [0.717, 1.165) is 25.1 Å². The Morgan fingerprint density at radius 1 is 1.10 bits per heavy atom. The minimum atomic E-state index is -0.375. The highest BCUT2D eigenvalue weighted by Crippen LogP contribution is 2.06. The lowest BCUT2D eigenvalue weighted by Gasteiger charge is -2.06. The molecule has 0 aromatic heterocycles. The molecule has 2 aromatic carbocycles. The molecule has 20 heavy (non-hydrogen) atoms. The Morgan fingerprint density at radius 2 is 1.85 bits per heavy atom. The first kappa shape index (κ1) is 14.3. The molecule has 3 N–H and O–H groups in total. The van der Waals surface area contributed by atoms with Gasteiger partial charge in [-0.15, -0.1) is 0 Å². The summed E-state index contributed by atoms with van der Waals surface area (Å²) in [6.45, 7) is 3.81. The SMILES string of the molecule is Cc1ccc(CNCCc2cccc(C(N)=O)c2)cc1. The number of primary amides is 1. The Hall–Kier alpha value is -2.13. The van der Waals surface area contributed by atoms with Crippen molar-refractivity contribution in [1.29, 1.82) is 0 Å². The van der Waals surface area contributed by atoms with Gasteiger partial charge in [-0.25, -0.2) is 0 Å². The Labute approximate surface area is 119 Å². The summed E-state index contributed by atoms with van der Waals surface area (Å²) in [6.07, 6.45) is 0.882. The Morgan fingerprint density at radius 3 is 2.55 bits per heavy atom. The average Bonchev–Trinajstić information content (AvgIpc) is 2.46. The standard InChI is InChI=1S/C17H20N2O/c1-13-5-7-15(8-6-13)12-19-10-9-14-3-2-4-16(11-14)17(18)20/h2-8,11,19H,9-10,12H2,1H3,(H2,18,20). The van der Waals surface area contributed by atoms with Gasteiger partial charge in [-0.1, -0.05) is 42.0 Å². The van der Waals surface area contributed by atoms with Crippen LogP contribution in [-0.4, -0.2) is 12.5 Å². The van der Waals surface area contributed by atoms with Gasteiger partial charge in [0.1, 0.15) is 0 Å². The van der Waals surface area contributed by atoms with Crippen LogP contribution in [-0.2, 0) is 13.0 Å². The van der Waals surface area contributed by atoms with Gasteiger partial charge in [0.15, 0.2) is 0 Å². The van der Waals surface area contributed by atoms with Crippen LogP contribution in [0.1, 0.15) is 27.0 Å². The maximum absolute atomic E-state index is 11.1. The molecule has 0 unspecified atom stereocenters. The van der Waals surface area contributed by atoms with E-state index in [-0.39, 0.29) is 5.91 Å². The van der Waals surface area contributed by atoms with Gasteiger partial charge in [-0.05, 0) is 43.1 Å². The van der Waals surface area contributed by atoms with Crippen LogP contribution in [0.5, 0.6) is 0 Å². The van der Waals surface area contributed by atoms with Gasteiger partial charge >= 0.3 is 0 Å². The van der Waals surface area contributed by atoms with Gasteiger partial charge in [-0.2, -0.15) is 0 Å². The smallest absolute Gasteiger partial charge is 0.248 e. The molecule has 0 saturated heterocycles. The van der Waals surface area contributed by atoms with Crippen LogP contribution < -0.4 is 11.1 Å². The molecular weight excluding hydrogens is 248 g/mol. The van der Waals surface area contributed by atoms with Crippen molar-refractivity contribution in [2.45, 2.75) is 19.9 Å². The summed E-state index contributed by atoms with van der Waals surface area (Å²) in [5.41, 5.74) is 9.52. The molecule has 3 heteroatoms. The number of nitrogens with one attached hydrogen (secondary N) is 1. The minimum Gasteiger partial charge on any atom is -0.366 e. The van der Waals surface area contributed by atoms with E-state index < -0.39 is 0 Å². The molecule has 0 radical (unpaired) electrons. The molecular formula is C17H20N2O. The zero-order valence-electron chi connectivity index (χ0n) is 11.7. The summed E-state index contributed by atoms with van der Waals surface area (Å²) in [5, 5.41) is 3.40. The lowest BCUT2D eigenvalue weighted by atomic mass is 10.1. The maximum atomic E-state index is 11.1. The minimum absolute atomic E-state index is 0.375. The molecule has 1 amide bonds. The highest BCUT2D eigenvalue weighted by molar-refractivity contribution is 5.92. The molecule has 0 aliphatic heterocycles. The van der Waals surface area contributed by atoms with E-state index in [1.54, 1.807) is 6.07 Å². The molecule has 104 valence electrons. The molecule has 0 aliphatic rings. The Balaban J connectivity index is 1.79. The van der Waals surface area contributed by atoms with Crippen molar-refractivity contribution in [2.75, 3.05) is 6.54 Å². The number of carbonyl (C=O) groups is 1. The quantitative estimate of drug-likeness (QED) is 0.791. The predicted molar refractivity (Wildman–Crippen MR) is 81.5 cm³/mol. The van der Waals surface area contributed by atoms with Crippen molar-refractivity contribution < 1.29 is 4.79 Å². The van der Waals surface area contributed by atoms with Crippen molar-refractivity contribution in [3.8, 4) is 0 Å². The van der Waals surface area contributed by atoms with E-state index in [4.69, 9.17) is 5.73 Å². The zero-order chi connectivity index (χ0) is 14.4. The number of aryl methyl sites for hydroxylation is 1. The summed E-state index contributed by atoms with van der Waals surface area (Å²) in [5.74, 6) is -0.375. The Bertz CT molecular complexity index is 576. The van der Waals surface area contributed by atoms with Crippen LogP contribution in [0, 0.1) is 6.92 Å². The molecule has 2 rings (SSSR count). The molecule has 2 aromatic rings. The van der Waals surface area contributed by atoms with Crippen LogP contribution in [0.15, 0.2) is 48.5 Å². The van der Waals surface area contributed by atoms with Gasteiger partial charge in [0.05, 0.1) is 0 Å². The second-order valence-electron chi connectivity index (χ2n) is 4.98. The fourth-order valence-corrected chi connectivity index (χ4v) is 2.05. The number of rotatable bonds is 6. The van der Waals surface area contributed by atoms with Gasteiger partial charge in [0.25, 0.3) is 0 Å². The number of hydrogen-bond donors (Lipinski definition) is 2. The highest BCUT2D eigenvalue weighted by Gasteiger charge is 2.01. The van der Waals surface area contributed by atoms with Gasteiger partial charge < -0.3 is 11.1 Å². The van der Waals surface area contributed by atoms with Crippen LogP contribution in [0.4, 0.5) is 0 Å². The van der Waals surface area contributed by atoms with E-state index in [1.165, 1.54) is 11.1 Å². The highest BCUT2D eigenvalue weighted by atomic mass is 16.1. The normalized spacial score (nSPS) is 10.4. The second kappa shape index (κ2) is 6.87. The van der Waals surface area contributed by atoms with Gasteiger partial charge in [0, 0.05) is 12.1 Å². The van der Waals surface area contributed by atoms with Gasteiger partial charge in [-0.3, -0.25) is 4.79 Å². The zero-order valence-corrected chi connectivity index (χ0v) is 11.7.